The van der Waals surface area contributed by atoms with E-state index in [0.29, 0.717) is 19.3 Å². The van der Waals surface area contributed by atoms with Crippen LogP contribution in [0.1, 0.15) is 252 Å². The Morgan fingerprint density at radius 3 is 0.765 bits per heavy atom. The SMILES string of the molecule is CC/C=C\C/C=C\C/C=C\C/C=C\C/C=C\C/C=C\C/C=C\CCCCCC(=O)OCC(COC(=O)CCCCCCC/C=C\C/C=C\CCC)OC(=O)CCCCCCCC/C=C\C/C=C\C/C=C\C/C=C\C/C=C\C/C=C\CC. The van der Waals surface area contributed by atoms with Gasteiger partial charge in [-0.3, -0.25) is 14.4 Å². The molecular formula is C75H116O6. The molecule has 0 heterocycles. The number of hydrogen-bond acceptors (Lipinski definition) is 6. The Labute approximate surface area is 497 Å². The zero-order chi connectivity index (χ0) is 58.5. The van der Waals surface area contributed by atoms with Crippen molar-refractivity contribution in [1.82, 2.24) is 0 Å². The molecule has 0 aliphatic heterocycles. The lowest BCUT2D eigenvalue weighted by Crippen LogP contribution is -2.30. The summed E-state index contributed by atoms with van der Waals surface area (Å²) in [5.74, 6) is -0.981. The van der Waals surface area contributed by atoms with E-state index >= 15 is 0 Å². The average Bonchev–Trinajstić information content (AvgIpc) is 3.46. The van der Waals surface area contributed by atoms with Gasteiger partial charge in [0.15, 0.2) is 6.10 Å². The molecule has 81 heavy (non-hydrogen) atoms. The summed E-state index contributed by atoms with van der Waals surface area (Å²) in [5, 5.41) is 0. The van der Waals surface area contributed by atoms with Crippen molar-refractivity contribution in [2.24, 2.45) is 0 Å². The molecule has 1 atom stereocenters. The van der Waals surface area contributed by atoms with Crippen molar-refractivity contribution in [3.8, 4) is 0 Å². The topological polar surface area (TPSA) is 78.9 Å². The molecule has 0 radical (unpaired) electrons. The number of ether oxygens (including phenoxy) is 3. The van der Waals surface area contributed by atoms with E-state index < -0.39 is 6.10 Å². The lowest BCUT2D eigenvalue weighted by Gasteiger charge is -2.18. The predicted octanol–water partition coefficient (Wildman–Crippen LogP) is 22.4. The quantitative estimate of drug-likeness (QED) is 0.0261. The van der Waals surface area contributed by atoms with Crippen LogP contribution in [0.2, 0.25) is 0 Å². The minimum absolute atomic E-state index is 0.112. The highest BCUT2D eigenvalue weighted by Gasteiger charge is 2.19. The number of rotatable bonds is 56. The second-order valence-electron chi connectivity index (χ2n) is 20.5. The number of hydrogen-bond donors (Lipinski definition) is 0. The standard InChI is InChI=1S/C75H116O6/c1-4-7-10-13-16-19-22-25-27-29-31-33-35-37-39-41-43-45-47-50-53-56-59-62-65-68-74(77)80-71-72(70-79-73(76)67-64-61-58-55-52-49-24-21-18-15-12-9-6-3)81-75(78)69-66-63-60-57-54-51-48-46-44-42-40-38-36-34-32-30-28-26-23-20-17-14-11-8-5-2/h7-8,10-12,15-17,19-21,24-28,31-34,37-40,43-46,50,53,72H,4-6,9,13-14,18,22-23,29-30,35-36,41-42,47-49,51-52,54-71H2,1-3H3/b10-7-,11-8-,15-12-,19-16-,20-17-,24-21-,27-25-,28-26-,33-31-,34-32-,39-37-,40-38-,45-43-,46-44-,53-50-. The van der Waals surface area contributed by atoms with E-state index in [9.17, 15) is 14.4 Å². The van der Waals surface area contributed by atoms with Crippen LogP contribution >= 0.6 is 0 Å². The maximum atomic E-state index is 12.9. The summed E-state index contributed by atoms with van der Waals surface area (Å²) < 4.78 is 16.9. The van der Waals surface area contributed by atoms with Gasteiger partial charge in [-0.15, -0.1) is 0 Å². The molecule has 0 bridgehead atoms. The fourth-order valence-corrected chi connectivity index (χ4v) is 8.11. The number of carbonyl (C=O) groups is 3. The zero-order valence-electron chi connectivity index (χ0n) is 51.7. The van der Waals surface area contributed by atoms with Crippen LogP contribution in [0, 0.1) is 0 Å². The Morgan fingerprint density at radius 2 is 0.481 bits per heavy atom. The van der Waals surface area contributed by atoms with E-state index in [4.69, 9.17) is 14.2 Å². The zero-order valence-corrected chi connectivity index (χ0v) is 51.7. The van der Waals surface area contributed by atoms with E-state index in [1.54, 1.807) is 0 Å². The molecular weight excluding hydrogens is 997 g/mol. The van der Waals surface area contributed by atoms with Gasteiger partial charge < -0.3 is 14.2 Å². The third-order valence-corrected chi connectivity index (χ3v) is 12.9. The summed E-state index contributed by atoms with van der Waals surface area (Å²) >= 11 is 0. The highest BCUT2D eigenvalue weighted by atomic mass is 16.6. The average molecular weight is 1110 g/mol. The van der Waals surface area contributed by atoms with Gasteiger partial charge in [0.1, 0.15) is 13.2 Å². The van der Waals surface area contributed by atoms with E-state index in [1.807, 2.05) is 0 Å². The highest BCUT2D eigenvalue weighted by Crippen LogP contribution is 2.13. The summed E-state index contributed by atoms with van der Waals surface area (Å²) in [6, 6.07) is 0. The van der Waals surface area contributed by atoms with Crippen molar-refractivity contribution >= 4 is 17.9 Å². The first kappa shape index (κ1) is 75.5. The molecule has 6 nitrogen and oxygen atoms in total. The van der Waals surface area contributed by atoms with Gasteiger partial charge in [-0.2, -0.15) is 0 Å². The molecule has 0 aromatic rings. The molecule has 0 saturated heterocycles. The molecule has 0 spiro atoms. The van der Waals surface area contributed by atoms with Gasteiger partial charge in [0.25, 0.3) is 0 Å². The first-order chi connectivity index (χ1) is 40.0. The van der Waals surface area contributed by atoms with Gasteiger partial charge in [0.05, 0.1) is 0 Å². The van der Waals surface area contributed by atoms with Crippen molar-refractivity contribution in [1.29, 1.82) is 0 Å². The van der Waals surface area contributed by atoms with Gasteiger partial charge in [-0.25, -0.2) is 0 Å². The van der Waals surface area contributed by atoms with E-state index in [0.717, 1.165) is 193 Å². The lowest BCUT2D eigenvalue weighted by atomic mass is 10.1. The smallest absolute Gasteiger partial charge is 0.306 e. The molecule has 0 amide bonds. The van der Waals surface area contributed by atoms with Gasteiger partial charge >= 0.3 is 17.9 Å². The van der Waals surface area contributed by atoms with Crippen molar-refractivity contribution in [2.75, 3.05) is 13.2 Å². The summed E-state index contributed by atoms with van der Waals surface area (Å²) in [4.78, 5) is 38.3. The number of carbonyl (C=O) groups excluding carboxylic acids is 3. The third kappa shape index (κ3) is 65.2. The first-order valence-electron chi connectivity index (χ1n) is 32.3. The second kappa shape index (κ2) is 67.0. The molecule has 1 unspecified atom stereocenters. The van der Waals surface area contributed by atoms with Crippen LogP contribution < -0.4 is 0 Å². The maximum absolute atomic E-state index is 12.9. The molecule has 6 heteroatoms. The predicted molar refractivity (Wildman–Crippen MR) is 352 cm³/mol. The van der Waals surface area contributed by atoms with Gasteiger partial charge in [-0.1, -0.05) is 261 Å². The molecule has 0 saturated carbocycles. The number of allylic oxidation sites excluding steroid dienone is 30. The number of unbranched alkanes of at least 4 members (excludes halogenated alkanes) is 15. The van der Waals surface area contributed by atoms with E-state index in [2.05, 4.69) is 203 Å². The van der Waals surface area contributed by atoms with Crippen molar-refractivity contribution in [3.05, 3.63) is 182 Å². The van der Waals surface area contributed by atoms with Gasteiger partial charge in [0, 0.05) is 19.3 Å². The molecule has 452 valence electrons. The molecule has 0 aromatic heterocycles. The second-order valence-corrected chi connectivity index (χ2v) is 20.5. The van der Waals surface area contributed by atoms with Crippen molar-refractivity contribution < 1.29 is 28.6 Å². The van der Waals surface area contributed by atoms with Crippen LogP contribution in [0.4, 0.5) is 0 Å². The minimum Gasteiger partial charge on any atom is -0.462 e. The Hall–Kier alpha value is -5.49. The molecule has 0 fully saturated rings. The van der Waals surface area contributed by atoms with Crippen molar-refractivity contribution in [3.63, 3.8) is 0 Å². The lowest BCUT2D eigenvalue weighted by molar-refractivity contribution is -0.167. The molecule has 0 rings (SSSR count). The molecule has 0 N–H and O–H groups in total. The summed E-state index contributed by atoms with van der Waals surface area (Å²) in [6.45, 7) is 6.28. The first-order valence-corrected chi connectivity index (χ1v) is 32.3. The van der Waals surface area contributed by atoms with E-state index in [1.165, 1.54) is 19.3 Å². The fourth-order valence-electron chi connectivity index (χ4n) is 8.11. The van der Waals surface area contributed by atoms with Crippen LogP contribution in [-0.2, 0) is 28.6 Å². The summed E-state index contributed by atoms with van der Waals surface area (Å²) in [6.07, 6.45) is 100. The monoisotopic (exact) mass is 1110 g/mol. The summed E-state index contributed by atoms with van der Waals surface area (Å²) in [7, 11) is 0. The Kier molecular flexibility index (Phi) is 62.5. The number of esters is 3. The molecule has 0 aromatic carbocycles. The van der Waals surface area contributed by atoms with Gasteiger partial charge in [-0.05, 0) is 154 Å². The molecule has 0 aliphatic carbocycles. The largest absolute Gasteiger partial charge is 0.462 e. The minimum atomic E-state index is -0.819. The molecule has 0 aliphatic rings. The van der Waals surface area contributed by atoms with Crippen LogP contribution in [0.25, 0.3) is 0 Å². The Morgan fingerprint density at radius 1 is 0.259 bits per heavy atom. The van der Waals surface area contributed by atoms with Crippen LogP contribution in [0.3, 0.4) is 0 Å². The van der Waals surface area contributed by atoms with Gasteiger partial charge in [0.2, 0.25) is 0 Å². The Balaban J connectivity index is 4.49. The van der Waals surface area contributed by atoms with Crippen LogP contribution in [0.15, 0.2) is 182 Å². The Bertz CT molecular complexity index is 1900. The third-order valence-electron chi connectivity index (χ3n) is 12.9. The van der Waals surface area contributed by atoms with E-state index in [-0.39, 0.29) is 31.1 Å². The normalized spacial score (nSPS) is 13.4. The van der Waals surface area contributed by atoms with Crippen LogP contribution in [-0.4, -0.2) is 37.2 Å². The maximum Gasteiger partial charge on any atom is 0.306 e. The highest BCUT2D eigenvalue weighted by molar-refractivity contribution is 5.71. The fraction of sp³-hybridized carbons (Fsp3) is 0.560. The van der Waals surface area contributed by atoms with Crippen molar-refractivity contribution in [2.45, 2.75) is 258 Å². The van der Waals surface area contributed by atoms with Crippen LogP contribution in [0.5, 0.6) is 0 Å². The summed E-state index contributed by atoms with van der Waals surface area (Å²) in [5.41, 5.74) is 0.